The fraction of sp³-hybridized carbons (Fsp3) is 0.286. The minimum Gasteiger partial charge on any atom is -0.368 e. The van der Waals surface area contributed by atoms with Crippen molar-refractivity contribution in [2.75, 3.05) is 31.1 Å². The highest BCUT2D eigenvalue weighted by molar-refractivity contribution is 6.22. The number of imide groups is 1. The molecule has 0 unspecified atom stereocenters. The average Bonchev–Trinajstić information content (AvgIpc) is 2.98. The van der Waals surface area contributed by atoms with Crippen molar-refractivity contribution in [1.29, 1.82) is 0 Å². The van der Waals surface area contributed by atoms with Crippen molar-refractivity contribution in [2.24, 2.45) is 0 Å². The van der Waals surface area contributed by atoms with Crippen LogP contribution in [-0.2, 0) is 4.79 Å². The smallest absolute Gasteiger partial charge is 0.262 e. The van der Waals surface area contributed by atoms with E-state index in [4.69, 9.17) is 0 Å². The fourth-order valence-electron chi connectivity index (χ4n) is 3.76. The van der Waals surface area contributed by atoms with Gasteiger partial charge in [0.1, 0.15) is 6.04 Å². The number of nitrogens with zero attached hydrogens (tertiary/aromatic N) is 3. The van der Waals surface area contributed by atoms with Crippen molar-refractivity contribution in [2.45, 2.75) is 13.0 Å². The Morgan fingerprint density at radius 1 is 0.815 bits per heavy atom. The van der Waals surface area contributed by atoms with Crippen molar-refractivity contribution in [3.8, 4) is 0 Å². The zero-order valence-corrected chi connectivity index (χ0v) is 15.2. The largest absolute Gasteiger partial charge is 0.368 e. The summed E-state index contributed by atoms with van der Waals surface area (Å²) in [6, 6.07) is 16.0. The van der Waals surface area contributed by atoms with Crippen LogP contribution in [0.3, 0.4) is 0 Å². The Hall–Kier alpha value is -3.15. The Labute approximate surface area is 158 Å². The van der Waals surface area contributed by atoms with Gasteiger partial charge in [0.2, 0.25) is 5.91 Å². The van der Waals surface area contributed by atoms with Gasteiger partial charge in [0.05, 0.1) is 11.1 Å². The molecule has 138 valence electrons. The molecular weight excluding hydrogens is 342 g/mol. The van der Waals surface area contributed by atoms with Crippen molar-refractivity contribution in [1.82, 2.24) is 9.80 Å². The minimum atomic E-state index is -0.805. The second-order valence-corrected chi connectivity index (χ2v) is 6.85. The summed E-state index contributed by atoms with van der Waals surface area (Å²) in [6.45, 7) is 4.23. The van der Waals surface area contributed by atoms with E-state index in [1.54, 1.807) is 36.1 Å². The van der Waals surface area contributed by atoms with Crippen molar-refractivity contribution < 1.29 is 14.4 Å². The van der Waals surface area contributed by atoms with Crippen LogP contribution < -0.4 is 4.90 Å². The first kappa shape index (κ1) is 17.3. The maximum absolute atomic E-state index is 12.9. The normalized spacial score (nSPS) is 17.9. The Morgan fingerprint density at radius 2 is 1.33 bits per heavy atom. The summed E-state index contributed by atoms with van der Waals surface area (Å²) in [5.74, 6) is -0.962. The standard InChI is InChI=1S/C21H21N3O3/c1-15(24-20(26)17-9-5-6-10-18(17)21(24)27)19(25)23-13-11-22(12-14-23)16-7-3-2-4-8-16/h2-10,15H,11-14H2,1H3/t15-/m1/s1. The number of carbonyl (C=O) groups excluding carboxylic acids is 3. The minimum absolute atomic E-state index is 0.183. The molecule has 0 aliphatic carbocycles. The molecule has 1 fully saturated rings. The van der Waals surface area contributed by atoms with Gasteiger partial charge in [-0.1, -0.05) is 30.3 Å². The predicted molar refractivity (Wildman–Crippen MR) is 102 cm³/mol. The van der Waals surface area contributed by atoms with Crippen LogP contribution in [0.15, 0.2) is 54.6 Å². The topological polar surface area (TPSA) is 60.9 Å². The number of hydrogen-bond acceptors (Lipinski definition) is 4. The van der Waals surface area contributed by atoms with Gasteiger partial charge >= 0.3 is 0 Å². The number of para-hydroxylation sites is 1. The van der Waals surface area contributed by atoms with Crippen LogP contribution >= 0.6 is 0 Å². The number of hydrogen-bond donors (Lipinski definition) is 0. The number of fused-ring (bicyclic) bond motifs is 1. The van der Waals surface area contributed by atoms with Crippen LogP contribution in [0, 0.1) is 0 Å². The van der Waals surface area contributed by atoms with E-state index in [9.17, 15) is 14.4 Å². The van der Waals surface area contributed by atoms with Gasteiger partial charge in [-0.15, -0.1) is 0 Å². The number of carbonyl (C=O) groups is 3. The lowest BCUT2D eigenvalue weighted by Crippen LogP contribution is -2.55. The summed E-state index contributed by atoms with van der Waals surface area (Å²) in [5, 5.41) is 0. The molecule has 0 radical (unpaired) electrons. The first-order valence-corrected chi connectivity index (χ1v) is 9.13. The van der Waals surface area contributed by atoms with Gasteiger partial charge in [-0.2, -0.15) is 0 Å². The third kappa shape index (κ3) is 2.97. The van der Waals surface area contributed by atoms with Gasteiger partial charge in [-0.3, -0.25) is 19.3 Å². The molecule has 27 heavy (non-hydrogen) atoms. The molecule has 1 saturated heterocycles. The summed E-state index contributed by atoms with van der Waals surface area (Å²) in [4.78, 5) is 43.2. The molecule has 2 aliphatic heterocycles. The Kier molecular flexibility index (Phi) is 4.39. The lowest BCUT2D eigenvalue weighted by Gasteiger charge is -2.38. The molecule has 2 heterocycles. The van der Waals surface area contributed by atoms with Crippen molar-refractivity contribution >= 4 is 23.4 Å². The van der Waals surface area contributed by atoms with Crippen LogP contribution in [-0.4, -0.2) is 59.7 Å². The number of anilines is 1. The van der Waals surface area contributed by atoms with Gasteiger partial charge in [-0.25, -0.2) is 0 Å². The third-order valence-corrected chi connectivity index (χ3v) is 5.28. The highest BCUT2D eigenvalue weighted by Crippen LogP contribution is 2.25. The second-order valence-electron chi connectivity index (χ2n) is 6.85. The molecule has 6 nitrogen and oxygen atoms in total. The van der Waals surface area contributed by atoms with E-state index in [0.717, 1.165) is 23.7 Å². The molecular formula is C21H21N3O3. The van der Waals surface area contributed by atoms with E-state index < -0.39 is 6.04 Å². The highest BCUT2D eigenvalue weighted by atomic mass is 16.2. The monoisotopic (exact) mass is 363 g/mol. The molecule has 0 spiro atoms. The van der Waals surface area contributed by atoms with Crippen LogP contribution in [0.1, 0.15) is 27.6 Å². The number of benzene rings is 2. The molecule has 4 rings (SSSR count). The molecule has 0 saturated carbocycles. The molecule has 3 amide bonds. The molecule has 2 aromatic rings. The average molecular weight is 363 g/mol. The van der Waals surface area contributed by atoms with Crippen molar-refractivity contribution in [3.63, 3.8) is 0 Å². The third-order valence-electron chi connectivity index (χ3n) is 5.28. The van der Waals surface area contributed by atoms with E-state index in [1.165, 1.54) is 0 Å². The van der Waals surface area contributed by atoms with Gasteiger partial charge in [-0.05, 0) is 31.2 Å². The zero-order valence-electron chi connectivity index (χ0n) is 15.2. The number of rotatable bonds is 3. The summed E-state index contributed by atoms with van der Waals surface area (Å²) in [7, 11) is 0. The summed E-state index contributed by atoms with van der Waals surface area (Å²) >= 11 is 0. The van der Waals surface area contributed by atoms with Crippen LogP contribution in [0.2, 0.25) is 0 Å². The van der Waals surface area contributed by atoms with E-state index >= 15 is 0 Å². The molecule has 2 aliphatic rings. The Bertz CT molecular complexity index is 854. The Balaban J connectivity index is 1.44. The van der Waals surface area contributed by atoms with E-state index in [1.807, 2.05) is 18.2 Å². The summed E-state index contributed by atoms with van der Waals surface area (Å²) < 4.78 is 0. The maximum atomic E-state index is 12.9. The van der Waals surface area contributed by atoms with Crippen LogP contribution in [0.5, 0.6) is 0 Å². The SMILES string of the molecule is C[C@H](C(=O)N1CCN(c2ccccc2)CC1)N1C(=O)c2ccccc2C1=O. The molecule has 2 aromatic carbocycles. The second kappa shape index (κ2) is 6.87. The fourth-order valence-corrected chi connectivity index (χ4v) is 3.76. The van der Waals surface area contributed by atoms with E-state index in [2.05, 4.69) is 17.0 Å². The number of amides is 3. The first-order valence-electron chi connectivity index (χ1n) is 9.13. The van der Waals surface area contributed by atoms with Gasteiger partial charge in [0, 0.05) is 31.9 Å². The zero-order chi connectivity index (χ0) is 19.0. The number of piperazine rings is 1. The van der Waals surface area contributed by atoms with E-state index in [-0.39, 0.29) is 17.7 Å². The highest BCUT2D eigenvalue weighted by Gasteiger charge is 2.42. The quantitative estimate of drug-likeness (QED) is 0.783. The van der Waals surface area contributed by atoms with E-state index in [0.29, 0.717) is 24.2 Å². The van der Waals surface area contributed by atoms with Gasteiger partial charge in [0.25, 0.3) is 11.8 Å². The Morgan fingerprint density at radius 3 is 1.89 bits per heavy atom. The van der Waals surface area contributed by atoms with Gasteiger partial charge in [0.15, 0.2) is 0 Å². The molecule has 0 bridgehead atoms. The van der Waals surface area contributed by atoms with Gasteiger partial charge < -0.3 is 9.80 Å². The molecule has 0 N–H and O–H groups in total. The predicted octanol–water partition coefficient (Wildman–Crippen LogP) is 2.02. The lowest BCUT2D eigenvalue weighted by atomic mass is 10.1. The molecule has 0 aromatic heterocycles. The van der Waals surface area contributed by atoms with Crippen molar-refractivity contribution in [3.05, 3.63) is 65.7 Å². The molecule has 1 atom stereocenters. The van der Waals surface area contributed by atoms with Crippen LogP contribution in [0.4, 0.5) is 5.69 Å². The molecule has 6 heteroatoms. The maximum Gasteiger partial charge on any atom is 0.262 e. The summed E-state index contributed by atoms with van der Waals surface area (Å²) in [5.41, 5.74) is 1.88. The van der Waals surface area contributed by atoms with Crippen LogP contribution in [0.25, 0.3) is 0 Å². The summed E-state index contributed by atoms with van der Waals surface area (Å²) in [6.07, 6.45) is 0. The first-order chi connectivity index (χ1) is 13.1. The lowest BCUT2D eigenvalue weighted by molar-refractivity contribution is -0.135.